The van der Waals surface area contributed by atoms with E-state index in [2.05, 4.69) is 23.5 Å². The first-order valence-corrected chi connectivity index (χ1v) is 7.27. The Morgan fingerprint density at radius 3 is 2.63 bits per heavy atom. The molecule has 0 unspecified atom stereocenters. The number of halogens is 2. The van der Waals surface area contributed by atoms with Crippen LogP contribution < -0.4 is 5.32 Å². The number of fused-ring (bicyclic) bond motifs is 1. The van der Waals surface area contributed by atoms with Crippen LogP contribution in [-0.2, 0) is 19.4 Å². The molecular formula is C16H15Cl2N. The van der Waals surface area contributed by atoms with Crippen LogP contribution in [-0.4, -0.2) is 0 Å². The van der Waals surface area contributed by atoms with Gasteiger partial charge in [-0.15, -0.1) is 0 Å². The fourth-order valence-corrected chi connectivity index (χ4v) is 3.04. The third-order valence-corrected chi connectivity index (χ3v) is 4.12. The van der Waals surface area contributed by atoms with Crippen LogP contribution in [0.2, 0.25) is 10.0 Å². The zero-order valence-corrected chi connectivity index (χ0v) is 12.1. The summed E-state index contributed by atoms with van der Waals surface area (Å²) in [6.07, 6.45) is 3.73. The Labute approximate surface area is 123 Å². The van der Waals surface area contributed by atoms with Gasteiger partial charge in [-0.3, -0.25) is 0 Å². The van der Waals surface area contributed by atoms with Gasteiger partial charge in [0.05, 0.1) is 10.7 Å². The second-order valence-electron chi connectivity index (χ2n) is 4.93. The Bertz CT molecular complexity index is 608. The Morgan fingerprint density at radius 1 is 0.947 bits per heavy atom. The lowest BCUT2D eigenvalue weighted by molar-refractivity contribution is 0.911. The van der Waals surface area contributed by atoms with E-state index in [-0.39, 0.29) is 0 Å². The molecule has 2 aromatic carbocycles. The highest BCUT2D eigenvalue weighted by Gasteiger charge is 2.10. The van der Waals surface area contributed by atoms with E-state index >= 15 is 0 Å². The summed E-state index contributed by atoms with van der Waals surface area (Å²) in [6, 6.07) is 12.3. The van der Waals surface area contributed by atoms with E-state index in [9.17, 15) is 0 Å². The van der Waals surface area contributed by atoms with E-state index in [4.69, 9.17) is 23.2 Å². The lowest BCUT2D eigenvalue weighted by Crippen LogP contribution is -2.00. The average molecular weight is 292 g/mol. The summed E-state index contributed by atoms with van der Waals surface area (Å²) >= 11 is 12.0. The molecule has 0 fully saturated rings. The van der Waals surface area contributed by atoms with Gasteiger partial charge in [-0.05, 0) is 54.2 Å². The zero-order valence-electron chi connectivity index (χ0n) is 10.5. The molecule has 2 aromatic rings. The van der Waals surface area contributed by atoms with Crippen molar-refractivity contribution in [2.45, 2.75) is 25.8 Å². The van der Waals surface area contributed by atoms with Crippen LogP contribution >= 0.6 is 23.2 Å². The maximum atomic E-state index is 6.14. The van der Waals surface area contributed by atoms with Gasteiger partial charge in [-0.2, -0.15) is 0 Å². The van der Waals surface area contributed by atoms with Crippen LogP contribution in [0.25, 0.3) is 0 Å². The maximum Gasteiger partial charge on any atom is 0.0652 e. The van der Waals surface area contributed by atoms with Gasteiger partial charge in [0.2, 0.25) is 0 Å². The van der Waals surface area contributed by atoms with Crippen molar-refractivity contribution >= 4 is 28.9 Å². The highest BCUT2D eigenvalue weighted by molar-refractivity contribution is 6.36. The van der Waals surface area contributed by atoms with Crippen LogP contribution in [0.5, 0.6) is 0 Å². The molecule has 98 valence electrons. The van der Waals surface area contributed by atoms with Gasteiger partial charge in [-0.1, -0.05) is 41.4 Å². The van der Waals surface area contributed by atoms with Gasteiger partial charge in [0.25, 0.3) is 0 Å². The first-order valence-electron chi connectivity index (χ1n) is 6.52. The normalized spacial score (nSPS) is 13.4. The van der Waals surface area contributed by atoms with E-state index in [1.165, 1.54) is 36.0 Å². The topological polar surface area (TPSA) is 12.0 Å². The van der Waals surface area contributed by atoms with Gasteiger partial charge in [0, 0.05) is 11.6 Å². The zero-order chi connectivity index (χ0) is 13.2. The third kappa shape index (κ3) is 2.88. The minimum atomic E-state index is 0.660. The summed E-state index contributed by atoms with van der Waals surface area (Å²) in [7, 11) is 0. The SMILES string of the molecule is Clc1ccc(NCc2ccc3c(c2)CCC3)c(Cl)c1. The lowest BCUT2D eigenvalue weighted by atomic mass is 10.1. The Hall–Kier alpha value is -1.18. The fourth-order valence-electron chi connectivity index (χ4n) is 2.57. The molecule has 3 heteroatoms. The molecule has 0 aliphatic heterocycles. The summed E-state index contributed by atoms with van der Waals surface area (Å²) in [5.74, 6) is 0. The molecule has 0 amide bonds. The quantitative estimate of drug-likeness (QED) is 0.830. The van der Waals surface area contributed by atoms with Crippen molar-refractivity contribution in [1.29, 1.82) is 0 Å². The van der Waals surface area contributed by atoms with Crippen molar-refractivity contribution in [2.75, 3.05) is 5.32 Å². The Kier molecular flexibility index (Phi) is 3.67. The third-order valence-electron chi connectivity index (χ3n) is 3.58. The molecule has 1 N–H and O–H groups in total. The number of hydrogen-bond acceptors (Lipinski definition) is 1. The molecule has 0 aromatic heterocycles. The smallest absolute Gasteiger partial charge is 0.0652 e. The second kappa shape index (κ2) is 5.44. The molecule has 0 saturated heterocycles. The summed E-state index contributed by atoms with van der Waals surface area (Å²) < 4.78 is 0. The number of hydrogen-bond donors (Lipinski definition) is 1. The van der Waals surface area contributed by atoms with Crippen molar-refractivity contribution in [3.63, 3.8) is 0 Å². The summed E-state index contributed by atoms with van der Waals surface area (Å²) in [4.78, 5) is 0. The molecule has 1 aliphatic carbocycles. The Morgan fingerprint density at radius 2 is 1.79 bits per heavy atom. The van der Waals surface area contributed by atoms with Crippen LogP contribution in [0.4, 0.5) is 5.69 Å². The van der Waals surface area contributed by atoms with E-state index in [0.717, 1.165) is 12.2 Å². The fraction of sp³-hybridized carbons (Fsp3) is 0.250. The van der Waals surface area contributed by atoms with Gasteiger partial charge < -0.3 is 5.32 Å². The van der Waals surface area contributed by atoms with Crippen molar-refractivity contribution in [3.8, 4) is 0 Å². The molecule has 1 nitrogen and oxygen atoms in total. The molecule has 3 rings (SSSR count). The monoisotopic (exact) mass is 291 g/mol. The standard InChI is InChI=1S/C16H15Cl2N/c17-14-6-7-16(15(18)9-14)19-10-11-4-5-12-2-1-3-13(12)8-11/h4-9,19H,1-3,10H2. The molecule has 0 saturated carbocycles. The van der Waals surface area contributed by atoms with Crippen molar-refractivity contribution in [1.82, 2.24) is 0 Å². The molecule has 0 spiro atoms. The van der Waals surface area contributed by atoms with Gasteiger partial charge in [-0.25, -0.2) is 0 Å². The van der Waals surface area contributed by atoms with Crippen LogP contribution in [0.15, 0.2) is 36.4 Å². The molecule has 0 atom stereocenters. The van der Waals surface area contributed by atoms with Crippen LogP contribution in [0.3, 0.4) is 0 Å². The lowest BCUT2D eigenvalue weighted by Gasteiger charge is -2.10. The predicted molar refractivity (Wildman–Crippen MR) is 82.3 cm³/mol. The summed E-state index contributed by atoms with van der Waals surface area (Å²) in [6.45, 7) is 0.786. The van der Waals surface area contributed by atoms with Crippen molar-refractivity contribution in [3.05, 3.63) is 63.1 Å². The van der Waals surface area contributed by atoms with Gasteiger partial charge in [0.15, 0.2) is 0 Å². The molecule has 0 heterocycles. The number of benzene rings is 2. The van der Waals surface area contributed by atoms with E-state index in [1.807, 2.05) is 12.1 Å². The first kappa shape index (κ1) is 12.8. The molecular weight excluding hydrogens is 277 g/mol. The predicted octanol–water partition coefficient (Wildman–Crippen LogP) is 5.09. The molecule has 0 bridgehead atoms. The van der Waals surface area contributed by atoms with E-state index < -0.39 is 0 Å². The molecule has 0 radical (unpaired) electrons. The minimum absolute atomic E-state index is 0.660. The van der Waals surface area contributed by atoms with Gasteiger partial charge >= 0.3 is 0 Å². The number of aryl methyl sites for hydroxylation is 2. The molecule has 1 aliphatic rings. The highest BCUT2D eigenvalue weighted by Crippen LogP contribution is 2.27. The largest absolute Gasteiger partial charge is 0.380 e. The number of rotatable bonds is 3. The minimum Gasteiger partial charge on any atom is -0.380 e. The second-order valence-corrected chi connectivity index (χ2v) is 5.78. The van der Waals surface area contributed by atoms with Crippen molar-refractivity contribution < 1.29 is 0 Å². The Balaban J connectivity index is 1.72. The van der Waals surface area contributed by atoms with Gasteiger partial charge in [0.1, 0.15) is 0 Å². The molecule has 19 heavy (non-hydrogen) atoms. The van der Waals surface area contributed by atoms with E-state index in [1.54, 1.807) is 6.07 Å². The number of anilines is 1. The van der Waals surface area contributed by atoms with Crippen LogP contribution in [0.1, 0.15) is 23.1 Å². The van der Waals surface area contributed by atoms with Crippen LogP contribution in [0, 0.1) is 0 Å². The van der Waals surface area contributed by atoms with Crippen molar-refractivity contribution in [2.24, 2.45) is 0 Å². The maximum absolute atomic E-state index is 6.14. The highest BCUT2D eigenvalue weighted by atomic mass is 35.5. The summed E-state index contributed by atoms with van der Waals surface area (Å²) in [5.41, 5.74) is 5.23. The first-order chi connectivity index (χ1) is 9.22. The average Bonchev–Trinajstić information content (AvgIpc) is 2.85. The summed E-state index contributed by atoms with van der Waals surface area (Å²) in [5, 5.41) is 4.68. The number of nitrogens with one attached hydrogen (secondary N) is 1. The van der Waals surface area contributed by atoms with E-state index in [0.29, 0.717) is 10.0 Å².